The van der Waals surface area contributed by atoms with E-state index in [0.29, 0.717) is 43.1 Å². The van der Waals surface area contributed by atoms with Crippen molar-refractivity contribution in [2.75, 3.05) is 20.3 Å². The first-order valence-electron chi connectivity index (χ1n) is 12.0. The Hall–Kier alpha value is -3.25. The van der Waals surface area contributed by atoms with Gasteiger partial charge in [-0.2, -0.15) is 0 Å². The summed E-state index contributed by atoms with van der Waals surface area (Å²) in [5.74, 6) is -0.957. The predicted molar refractivity (Wildman–Crippen MR) is 134 cm³/mol. The second kappa shape index (κ2) is 10.6. The Bertz CT molecular complexity index is 1150. The number of nitrogens with zero attached hydrogens (tertiary/aromatic N) is 1. The molecule has 0 bridgehead atoms. The van der Waals surface area contributed by atoms with Crippen molar-refractivity contribution >= 4 is 17.5 Å². The Labute approximate surface area is 207 Å². The van der Waals surface area contributed by atoms with Gasteiger partial charge in [0.05, 0.1) is 6.61 Å². The molecule has 2 aromatic rings. The highest BCUT2D eigenvalue weighted by atomic mass is 16.6. The number of carbonyl (C=O) groups excluding carboxylic acids is 2. The van der Waals surface area contributed by atoms with Gasteiger partial charge in [0.25, 0.3) is 0 Å². The first kappa shape index (κ1) is 24.9. The van der Waals surface area contributed by atoms with Crippen LogP contribution in [0.3, 0.4) is 0 Å². The van der Waals surface area contributed by atoms with Crippen molar-refractivity contribution in [2.24, 2.45) is 16.3 Å². The summed E-state index contributed by atoms with van der Waals surface area (Å²) < 4.78 is 16.8. The molecule has 0 radical (unpaired) electrons. The molecular formula is C29H33NO5. The number of allylic oxidation sites excluding steroid dienone is 2. The molecule has 0 aromatic heterocycles. The van der Waals surface area contributed by atoms with Gasteiger partial charge in [-0.3, -0.25) is 14.6 Å². The van der Waals surface area contributed by atoms with Crippen molar-refractivity contribution in [1.82, 2.24) is 0 Å². The number of rotatable bonds is 8. The fourth-order valence-electron chi connectivity index (χ4n) is 5.01. The average molecular weight is 476 g/mol. The number of hydrogen-bond donors (Lipinski definition) is 0. The predicted octanol–water partition coefficient (Wildman–Crippen LogP) is 5.27. The Kier molecular flexibility index (Phi) is 7.51. The zero-order valence-electron chi connectivity index (χ0n) is 20.9. The van der Waals surface area contributed by atoms with Crippen LogP contribution in [0.2, 0.25) is 0 Å². The minimum absolute atomic E-state index is 0.0325. The number of para-hydroxylation sites is 1. The largest absolute Gasteiger partial charge is 0.489 e. The van der Waals surface area contributed by atoms with Gasteiger partial charge >= 0.3 is 5.97 Å². The third-order valence-electron chi connectivity index (χ3n) is 6.58. The van der Waals surface area contributed by atoms with Gasteiger partial charge in [-0.25, -0.2) is 0 Å². The van der Waals surface area contributed by atoms with Crippen LogP contribution >= 0.6 is 0 Å². The first-order chi connectivity index (χ1) is 16.8. The van der Waals surface area contributed by atoms with Gasteiger partial charge in [0.15, 0.2) is 5.78 Å². The maximum absolute atomic E-state index is 13.5. The molecule has 0 saturated carbocycles. The molecule has 1 aliphatic heterocycles. The van der Waals surface area contributed by atoms with Crippen LogP contribution in [-0.2, 0) is 25.7 Å². The number of aliphatic imine (C=N–C) groups is 1. The molecule has 6 nitrogen and oxygen atoms in total. The minimum atomic E-state index is -0.711. The molecule has 0 amide bonds. The van der Waals surface area contributed by atoms with Gasteiger partial charge in [-0.05, 0) is 30.4 Å². The van der Waals surface area contributed by atoms with Crippen LogP contribution in [0, 0.1) is 11.3 Å². The van der Waals surface area contributed by atoms with Gasteiger partial charge in [0, 0.05) is 42.0 Å². The zero-order chi connectivity index (χ0) is 25.0. The number of Topliss-reactive ketones (excluding diaryl/α,β-unsaturated/α-hetero) is 1. The summed E-state index contributed by atoms with van der Waals surface area (Å²) in [6.07, 6.45) is 1.09. The molecule has 2 atom stereocenters. The molecule has 0 saturated heterocycles. The fourth-order valence-corrected chi connectivity index (χ4v) is 5.01. The summed E-state index contributed by atoms with van der Waals surface area (Å²) in [7, 11) is 1.56. The van der Waals surface area contributed by atoms with E-state index in [0.717, 1.165) is 16.8 Å². The van der Waals surface area contributed by atoms with Crippen LogP contribution < -0.4 is 4.74 Å². The summed E-state index contributed by atoms with van der Waals surface area (Å²) in [4.78, 5) is 31.6. The van der Waals surface area contributed by atoms with Crippen molar-refractivity contribution < 1.29 is 23.8 Å². The van der Waals surface area contributed by atoms with E-state index in [1.165, 1.54) is 0 Å². The number of carbonyl (C=O) groups is 2. The Balaban J connectivity index is 1.76. The maximum atomic E-state index is 13.5. The van der Waals surface area contributed by atoms with Gasteiger partial charge in [-0.15, -0.1) is 0 Å². The summed E-state index contributed by atoms with van der Waals surface area (Å²) in [5, 5.41) is 0. The second-order valence-electron chi connectivity index (χ2n) is 9.98. The number of esters is 1. The molecule has 1 heterocycles. The monoisotopic (exact) mass is 475 g/mol. The molecule has 35 heavy (non-hydrogen) atoms. The molecule has 1 unspecified atom stereocenters. The van der Waals surface area contributed by atoms with E-state index in [1.807, 2.05) is 61.5 Å². The van der Waals surface area contributed by atoms with Crippen molar-refractivity contribution in [3.63, 3.8) is 0 Å². The van der Waals surface area contributed by atoms with Crippen LogP contribution in [0.15, 0.2) is 70.9 Å². The van der Waals surface area contributed by atoms with Gasteiger partial charge in [-0.1, -0.05) is 62.4 Å². The Morgan fingerprint density at radius 1 is 1.03 bits per heavy atom. The Morgan fingerprint density at radius 2 is 1.74 bits per heavy atom. The zero-order valence-corrected chi connectivity index (χ0v) is 20.9. The number of ether oxygens (including phenoxy) is 3. The van der Waals surface area contributed by atoms with Crippen molar-refractivity contribution in [2.45, 2.75) is 46.1 Å². The van der Waals surface area contributed by atoms with Crippen molar-refractivity contribution in [3.8, 4) is 5.75 Å². The fraction of sp³-hybridized carbons (Fsp3) is 0.414. The SMILES string of the molecule is COCCOC(=O)C1C(C)=NC2=C(C(=O)CC(C)(C)C2)[C@@H]1c1ccccc1OCc1ccccc1. The lowest BCUT2D eigenvalue weighted by Crippen LogP contribution is -2.40. The number of benzene rings is 2. The molecule has 0 N–H and O–H groups in total. The second-order valence-corrected chi connectivity index (χ2v) is 9.98. The van der Waals surface area contributed by atoms with E-state index in [4.69, 9.17) is 19.2 Å². The molecule has 1 aliphatic carbocycles. The topological polar surface area (TPSA) is 74.2 Å². The third-order valence-corrected chi connectivity index (χ3v) is 6.58. The van der Waals surface area contributed by atoms with Gasteiger partial charge in [0.2, 0.25) is 0 Å². The van der Waals surface area contributed by atoms with Crippen LogP contribution in [0.1, 0.15) is 50.7 Å². The molecule has 4 rings (SSSR count). The normalized spacial score (nSPS) is 21.3. The molecule has 0 spiro atoms. The van der Waals surface area contributed by atoms with Crippen LogP contribution in [-0.4, -0.2) is 37.8 Å². The maximum Gasteiger partial charge on any atom is 0.315 e. The molecule has 184 valence electrons. The van der Waals surface area contributed by atoms with E-state index in [1.54, 1.807) is 7.11 Å². The summed E-state index contributed by atoms with van der Waals surface area (Å²) in [6.45, 7) is 6.83. The molecule has 6 heteroatoms. The van der Waals surface area contributed by atoms with E-state index < -0.39 is 17.8 Å². The molecule has 2 aliphatic rings. The van der Waals surface area contributed by atoms with Crippen LogP contribution in [0.4, 0.5) is 0 Å². The van der Waals surface area contributed by atoms with Crippen molar-refractivity contribution in [1.29, 1.82) is 0 Å². The molecule has 2 aromatic carbocycles. The smallest absolute Gasteiger partial charge is 0.315 e. The highest BCUT2D eigenvalue weighted by molar-refractivity contribution is 6.09. The third kappa shape index (κ3) is 5.54. The lowest BCUT2D eigenvalue weighted by atomic mass is 9.66. The van der Waals surface area contributed by atoms with Gasteiger partial charge in [0.1, 0.15) is 24.9 Å². The summed E-state index contributed by atoms with van der Waals surface area (Å²) in [5.41, 5.74) is 3.69. The number of ketones is 1. The highest BCUT2D eigenvalue weighted by Gasteiger charge is 2.46. The molecular weight excluding hydrogens is 442 g/mol. The number of hydrogen-bond acceptors (Lipinski definition) is 6. The summed E-state index contributed by atoms with van der Waals surface area (Å²) >= 11 is 0. The standard InChI is InChI=1S/C29H33NO5/c1-19-25(28(32)34-15-14-33-4)26(27-22(30-19)16-29(2,3)17-23(27)31)21-12-8-9-13-24(21)35-18-20-10-6-5-7-11-20/h5-13,25-26H,14-18H2,1-4H3/t25?,26-/m1/s1. The van der Waals surface area contributed by atoms with E-state index >= 15 is 0 Å². The van der Waals surface area contributed by atoms with E-state index in [2.05, 4.69) is 13.8 Å². The van der Waals surface area contributed by atoms with E-state index in [9.17, 15) is 9.59 Å². The minimum Gasteiger partial charge on any atom is -0.489 e. The van der Waals surface area contributed by atoms with E-state index in [-0.39, 0.29) is 17.8 Å². The quantitative estimate of drug-likeness (QED) is 0.384. The van der Waals surface area contributed by atoms with Crippen molar-refractivity contribution in [3.05, 3.63) is 77.0 Å². The van der Waals surface area contributed by atoms with Gasteiger partial charge < -0.3 is 14.2 Å². The molecule has 0 fully saturated rings. The lowest BCUT2D eigenvalue weighted by molar-refractivity contribution is -0.147. The number of methoxy groups -OCH3 is 1. The highest BCUT2D eigenvalue weighted by Crippen LogP contribution is 2.49. The average Bonchev–Trinajstić information content (AvgIpc) is 2.82. The van der Waals surface area contributed by atoms with Crippen LogP contribution in [0.5, 0.6) is 5.75 Å². The first-order valence-corrected chi connectivity index (χ1v) is 12.0. The summed E-state index contributed by atoms with van der Waals surface area (Å²) in [6, 6.07) is 17.6. The van der Waals surface area contributed by atoms with Crippen LogP contribution in [0.25, 0.3) is 0 Å². The Morgan fingerprint density at radius 3 is 2.49 bits per heavy atom. The lowest BCUT2D eigenvalue weighted by Gasteiger charge is -2.39.